The molecule has 2 N–H and O–H groups in total. The van der Waals surface area contributed by atoms with Crippen LogP contribution in [0, 0.1) is 11.3 Å². The first-order valence-corrected chi connectivity index (χ1v) is 7.96. The molecule has 0 bridgehead atoms. The average molecular weight is 328 g/mol. The molecule has 6 nitrogen and oxygen atoms in total. The van der Waals surface area contributed by atoms with Crippen LogP contribution in [0.3, 0.4) is 0 Å². The molecular weight excluding hydrogens is 308 g/mol. The minimum absolute atomic E-state index is 0.0240. The molecule has 1 aromatic carbocycles. The van der Waals surface area contributed by atoms with E-state index < -0.39 is 12.6 Å². The number of carbonyl (C=O) groups is 2. The van der Waals surface area contributed by atoms with Crippen LogP contribution in [0.15, 0.2) is 29.8 Å². The molecule has 2 rings (SSSR count). The predicted molar refractivity (Wildman–Crippen MR) is 88.2 cm³/mol. The summed E-state index contributed by atoms with van der Waals surface area (Å²) in [5.41, 5.74) is 0.629. The highest BCUT2D eigenvalue weighted by Crippen LogP contribution is 2.19. The van der Waals surface area contributed by atoms with Gasteiger partial charge in [0.2, 0.25) is 0 Å². The van der Waals surface area contributed by atoms with Gasteiger partial charge in [-0.1, -0.05) is 31.4 Å². The van der Waals surface area contributed by atoms with E-state index in [-0.39, 0.29) is 17.5 Å². The van der Waals surface area contributed by atoms with Crippen LogP contribution in [-0.4, -0.2) is 29.6 Å². The highest BCUT2D eigenvalue weighted by molar-refractivity contribution is 6.01. The van der Waals surface area contributed by atoms with Gasteiger partial charge in [0, 0.05) is 6.04 Å². The van der Waals surface area contributed by atoms with E-state index in [9.17, 15) is 14.9 Å². The van der Waals surface area contributed by atoms with Crippen molar-refractivity contribution in [3.05, 3.63) is 35.4 Å². The molecule has 1 aliphatic rings. The number of amides is 1. The predicted octanol–water partition coefficient (Wildman–Crippen LogP) is 2.51. The van der Waals surface area contributed by atoms with E-state index in [0.29, 0.717) is 11.3 Å². The fraction of sp³-hybridized carbons (Fsp3) is 0.389. The third-order valence-corrected chi connectivity index (χ3v) is 3.84. The molecule has 24 heavy (non-hydrogen) atoms. The molecule has 0 unspecified atom stereocenters. The lowest BCUT2D eigenvalue weighted by atomic mass is 9.95. The molecule has 1 fully saturated rings. The van der Waals surface area contributed by atoms with Gasteiger partial charge < -0.3 is 15.2 Å². The van der Waals surface area contributed by atoms with E-state index in [1.54, 1.807) is 24.3 Å². The Morgan fingerprint density at radius 1 is 1.33 bits per heavy atom. The number of carboxylic acid groups (broad SMARTS) is 1. The zero-order valence-corrected chi connectivity index (χ0v) is 13.3. The minimum Gasteiger partial charge on any atom is -0.482 e. The van der Waals surface area contributed by atoms with Crippen LogP contribution in [-0.2, 0) is 9.59 Å². The van der Waals surface area contributed by atoms with Crippen molar-refractivity contribution in [1.29, 1.82) is 5.26 Å². The van der Waals surface area contributed by atoms with Crippen molar-refractivity contribution in [3.8, 4) is 11.8 Å². The number of nitrogens with zero attached hydrogens (tertiary/aromatic N) is 1. The SMILES string of the molecule is N#C/C(=C\c1cccc(OCC(=O)O)c1)C(=O)NC1CCCCC1. The van der Waals surface area contributed by atoms with E-state index in [1.165, 1.54) is 12.5 Å². The van der Waals surface area contributed by atoms with Crippen molar-refractivity contribution in [2.45, 2.75) is 38.1 Å². The van der Waals surface area contributed by atoms with Gasteiger partial charge >= 0.3 is 5.97 Å². The third kappa shape index (κ3) is 5.43. The van der Waals surface area contributed by atoms with Crippen LogP contribution < -0.4 is 10.1 Å². The van der Waals surface area contributed by atoms with Gasteiger partial charge in [-0.3, -0.25) is 4.79 Å². The van der Waals surface area contributed by atoms with E-state index in [2.05, 4.69) is 5.32 Å². The quantitative estimate of drug-likeness (QED) is 0.617. The Morgan fingerprint density at radius 3 is 2.75 bits per heavy atom. The van der Waals surface area contributed by atoms with Gasteiger partial charge in [0.1, 0.15) is 17.4 Å². The zero-order chi connectivity index (χ0) is 17.4. The number of benzene rings is 1. The second kappa shape index (κ2) is 8.73. The Balaban J connectivity index is 2.05. The normalized spacial score (nSPS) is 15.4. The topological polar surface area (TPSA) is 99.4 Å². The van der Waals surface area contributed by atoms with Crippen LogP contribution in [0.2, 0.25) is 0 Å². The van der Waals surface area contributed by atoms with Gasteiger partial charge in [0.15, 0.2) is 6.61 Å². The highest BCUT2D eigenvalue weighted by Gasteiger charge is 2.18. The second-order valence-corrected chi connectivity index (χ2v) is 5.73. The second-order valence-electron chi connectivity index (χ2n) is 5.73. The largest absolute Gasteiger partial charge is 0.482 e. The smallest absolute Gasteiger partial charge is 0.341 e. The van der Waals surface area contributed by atoms with Gasteiger partial charge in [0.05, 0.1) is 0 Å². The van der Waals surface area contributed by atoms with Crippen molar-refractivity contribution in [2.75, 3.05) is 6.61 Å². The van der Waals surface area contributed by atoms with E-state index in [4.69, 9.17) is 9.84 Å². The first-order valence-electron chi connectivity index (χ1n) is 7.96. The fourth-order valence-electron chi connectivity index (χ4n) is 2.66. The van der Waals surface area contributed by atoms with E-state index >= 15 is 0 Å². The first kappa shape index (κ1) is 17.5. The van der Waals surface area contributed by atoms with Gasteiger partial charge in [0.25, 0.3) is 5.91 Å². The number of aliphatic carboxylic acids is 1. The summed E-state index contributed by atoms with van der Waals surface area (Å²) >= 11 is 0. The first-order chi connectivity index (χ1) is 11.6. The Bertz CT molecular complexity index is 670. The standard InChI is InChI=1S/C18H20N2O4/c19-11-14(18(23)20-15-6-2-1-3-7-15)9-13-5-4-8-16(10-13)24-12-17(21)22/h4-5,8-10,15H,1-3,6-7,12H2,(H,20,23)(H,21,22)/b14-9+. The van der Waals surface area contributed by atoms with Gasteiger partial charge in [-0.05, 0) is 36.6 Å². The summed E-state index contributed by atoms with van der Waals surface area (Å²) in [6.45, 7) is -0.444. The molecule has 0 aromatic heterocycles. The van der Waals surface area contributed by atoms with Crippen molar-refractivity contribution >= 4 is 18.0 Å². The summed E-state index contributed by atoms with van der Waals surface area (Å²) in [6.07, 6.45) is 6.76. The van der Waals surface area contributed by atoms with Crippen molar-refractivity contribution in [3.63, 3.8) is 0 Å². The molecule has 1 aromatic rings. The third-order valence-electron chi connectivity index (χ3n) is 3.84. The Hall–Kier alpha value is -2.81. The molecule has 0 radical (unpaired) electrons. The Kier molecular flexibility index (Phi) is 6.38. The number of hydrogen-bond acceptors (Lipinski definition) is 4. The molecule has 0 heterocycles. The lowest BCUT2D eigenvalue weighted by Gasteiger charge is -2.22. The number of ether oxygens (including phenoxy) is 1. The number of rotatable bonds is 6. The molecule has 1 saturated carbocycles. The lowest BCUT2D eigenvalue weighted by molar-refractivity contribution is -0.139. The minimum atomic E-state index is -1.07. The molecule has 1 amide bonds. The monoisotopic (exact) mass is 328 g/mol. The number of carbonyl (C=O) groups excluding carboxylic acids is 1. The van der Waals surface area contributed by atoms with Crippen molar-refractivity contribution < 1.29 is 19.4 Å². The van der Waals surface area contributed by atoms with Crippen LogP contribution in [0.5, 0.6) is 5.75 Å². The fourth-order valence-corrected chi connectivity index (χ4v) is 2.66. The summed E-state index contributed by atoms with van der Waals surface area (Å²) < 4.78 is 5.09. The number of nitrogens with one attached hydrogen (secondary N) is 1. The number of carboxylic acids is 1. The molecule has 0 saturated heterocycles. The maximum Gasteiger partial charge on any atom is 0.341 e. The maximum absolute atomic E-state index is 12.2. The summed E-state index contributed by atoms with van der Waals surface area (Å²) in [5, 5.41) is 20.8. The summed E-state index contributed by atoms with van der Waals surface area (Å²) in [5.74, 6) is -1.07. The van der Waals surface area contributed by atoms with E-state index in [1.807, 2.05) is 6.07 Å². The van der Waals surface area contributed by atoms with Crippen LogP contribution in [0.25, 0.3) is 6.08 Å². The van der Waals surface area contributed by atoms with Crippen LogP contribution in [0.4, 0.5) is 0 Å². The summed E-state index contributed by atoms with van der Waals surface area (Å²) in [7, 11) is 0. The molecule has 0 aliphatic heterocycles. The molecule has 1 aliphatic carbocycles. The molecule has 0 spiro atoms. The van der Waals surface area contributed by atoms with Crippen molar-refractivity contribution in [1.82, 2.24) is 5.32 Å². The summed E-state index contributed by atoms with van der Waals surface area (Å²) in [4.78, 5) is 22.8. The van der Waals surface area contributed by atoms with Crippen LogP contribution in [0.1, 0.15) is 37.7 Å². The van der Waals surface area contributed by atoms with Crippen molar-refractivity contribution in [2.24, 2.45) is 0 Å². The van der Waals surface area contributed by atoms with Gasteiger partial charge in [-0.2, -0.15) is 5.26 Å². The highest BCUT2D eigenvalue weighted by atomic mass is 16.5. The summed E-state index contributed by atoms with van der Waals surface area (Å²) in [6, 6.07) is 8.67. The Labute approximate surface area is 140 Å². The van der Waals surface area contributed by atoms with Gasteiger partial charge in [-0.25, -0.2) is 4.79 Å². The van der Waals surface area contributed by atoms with E-state index in [0.717, 1.165) is 25.7 Å². The number of nitriles is 1. The maximum atomic E-state index is 12.2. The molecule has 6 heteroatoms. The molecule has 126 valence electrons. The molecule has 0 atom stereocenters. The average Bonchev–Trinajstić information content (AvgIpc) is 2.59. The van der Waals surface area contributed by atoms with Crippen LogP contribution >= 0.6 is 0 Å². The van der Waals surface area contributed by atoms with Gasteiger partial charge in [-0.15, -0.1) is 0 Å². The lowest BCUT2D eigenvalue weighted by Crippen LogP contribution is -2.36. The number of hydrogen-bond donors (Lipinski definition) is 2. The molecular formula is C18H20N2O4. The Morgan fingerprint density at radius 2 is 2.08 bits per heavy atom. The zero-order valence-electron chi connectivity index (χ0n) is 13.3.